The van der Waals surface area contributed by atoms with Crippen LogP contribution in [0.15, 0.2) is 60.7 Å². The molecule has 156 valence electrons. The van der Waals surface area contributed by atoms with E-state index in [1.165, 1.54) is 11.3 Å². The lowest BCUT2D eigenvalue weighted by molar-refractivity contribution is -0.124. The number of amides is 1. The van der Waals surface area contributed by atoms with Gasteiger partial charge >= 0.3 is 5.97 Å². The quantitative estimate of drug-likeness (QED) is 0.417. The van der Waals surface area contributed by atoms with E-state index in [0.29, 0.717) is 17.1 Å². The number of hydrogen-bond acceptors (Lipinski definition) is 6. The van der Waals surface area contributed by atoms with Crippen molar-refractivity contribution in [2.24, 2.45) is 0 Å². The largest absolute Gasteiger partial charge is 0.451 e. The van der Waals surface area contributed by atoms with Gasteiger partial charge in [0.1, 0.15) is 9.88 Å². The molecule has 7 heteroatoms. The van der Waals surface area contributed by atoms with Crippen molar-refractivity contribution in [2.75, 3.05) is 31.6 Å². The molecule has 0 radical (unpaired) electrons. The Labute approximate surface area is 180 Å². The highest BCUT2D eigenvalue weighted by molar-refractivity contribution is 7.17. The highest BCUT2D eigenvalue weighted by Crippen LogP contribution is 2.28. The Morgan fingerprint density at radius 2 is 1.73 bits per heavy atom. The van der Waals surface area contributed by atoms with E-state index in [0.717, 1.165) is 29.2 Å². The number of para-hydroxylation sites is 1. The van der Waals surface area contributed by atoms with Crippen LogP contribution < -0.4 is 10.2 Å². The van der Waals surface area contributed by atoms with Crippen molar-refractivity contribution in [2.45, 2.75) is 13.3 Å². The first-order valence-electron chi connectivity index (χ1n) is 9.77. The summed E-state index contributed by atoms with van der Waals surface area (Å²) in [5, 5.41) is 3.54. The normalized spacial score (nSPS) is 10.5. The third-order valence-electron chi connectivity index (χ3n) is 4.53. The molecule has 0 aliphatic rings. The predicted octanol–water partition coefficient (Wildman–Crippen LogP) is 3.92. The second kappa shape index (κ2) is 10.5. The van der Waals surface area contributed by atoms with Crippen LogP contribution in [0.25, 0.3) is 10.6 Å². The highest BCUT2D eigenvalue weighted by atomic mass is 32.1. The number of nitrogens with zero attached hydrogens (tertiary/aromatic N) is 2. The smallest absolute Gasteiger partial charge is 0.350 e. The maximum atomic E-state index is 12.4. The van der Waals surface area contributed by atoms with Gasteiger partial charge in [0.2, 0.25) is 0 Å². The Morgan fingerprint density at radius 3 is 2.43 bits per heavy atom. The number of ether oxygens (including phenoxy) is 1. The number of aryl methyl sites for hydroxylation is 1. The number of aromatic nitrogens is 1. The lowest BCUT2D eigenvalue weighted by Crippen LogP contribution is -2.31. The van der Waals surface area contributed by atoms with Crippen LogP contribution in [0.5, 0.6) is 0 Å². The number of nitrogens with one attached hydrogen (secondary N) is 1. The van der Waals surface area contributed by atoms with Gasteiger partial charge in [0.25, 0.3) is 5.91 Å². The Bertz CT molecular complexity index is 974. The van der Waals surface area contributed by atoms with Crippen molar-refractivity contribution in [1.82, 2.24) is 10.3 Å². The van der Waals surface area contributed by atoms with Crippen molar-refractivity contribution in [3.8, 4) is 10.6 Å². The third kappa shape index (κ3) is 5.90. The van der Waals surface area contributed by atoms with Gasteiger partial charge in [0.05, 0.1) is 5.69 Å². The van der Waals surface area contributed by atoms with Gasteiger partial charge in [-0.3, -0.25) is 4.79 Å². The molecule has 0 saturated carbocycles. The summed E-state index contributed by atoms with van der Waals surface area (Å²) < 4.78 is 5.18. The van der Waals surface area contributed by atoms with Crippen LogP contribution in [0, 0.1) is 6.92 Å². The van der Waals surface area contributed by atoms with Crippen LogP contribution in [0.3, 0.4) is 0 Å². The zero-order valence-electron chi connectivity index (χ0n) is 17.1. The van der Waals surface area contributed by atoms with E-state index in [1.807, 2.05) is 67.7 Å². The first kappa shape index (κ1) is 21.5. The molecule has 30 heavy (non-hydrogen) atoms. The number of anilines is 1. The molecule has 0 spiro atoms. The van der Waals surface area contributed by atoms with Crippen LogP contribution in [-0.2, 0) is 9.53 Å². The Kier molecular flexibility index (Phi) is 7.57. The molecule has 0 aliphatic carbocycles. The van der Waals surface area contributed by atoms with Crippen molar-refractivity contribution in [3.63, 3.8) is 0 Å². The third-order valence-corrected chi connectivity index (χ3v) is 5.71. The number of rotatable bonds is 9. The predicted molar refractivity (Wildman–Crippen MR) is 120 cm³/mol. The average molecular weight is 424 g/mol. The fraction of sp³-hybridized carbons (Fsp3) is 0.261. The van der Waals surface area contributed by atoms with Crippen molar-refractivity contribution in [1.29, 1.82) is 0 Å². The number of hydrogen-bond donors (Lipinski definition) is 1. The lowest BCUT2D eigenvalue weighted by Gasteiger charge is -2.19. The second-order valence-electron chi connectivity index (χ2n) is 6.84. The SMILES string of the molecule is Cc1nc(-c2ccccc2)sc1C(=O)OCC(=O)NCCCN(C)c1ccccc1. The standard InChI is InChI=1S/C23H25N3O3S/c1-17-21(30-22(25-17)18-10-5-3-6-11-18)23(28)29-16-20(27)24-14-9-15-26(2)19-12-7-4-8-13-19/h3-8,10-13H,9,14-16H2,1-2H3,(H,24,27). The monoisotopic (exact) mass is 423 g/mol. The van der Waals surface area contributed by atoms with Crippen LogP contribution in [0.1, 0.15) is 21.8 Å². The van der Waals surface area contributed by atoms with Gasteiger partial charge in [0.15, 0.2) is 6.61 Å². The first-order chi connectivity index (χ1) is 14.5. The van der Waals surface area contributed by atoms with Crippen molar-refractivity contribution < 1.29 is 14.3 Å². The van der Waals surface area contributed by atoms with E-state index in [1.54, 1.807) is 6.92 Å². The molecule has 1 aromatic heterocycles. The summed E-state index contributed by atoms with van der Waals surface area (Å²) in [5.41, 5.74) is 2.68. The summed E-state index contributed by atoms with van der Waals surface area (Å²) in [4.78, 5) is 31.3. The fourth-order valence-corrected chi connectivity index (χ4v) is 3.86. The molecule has 0 unspecified atom stereocenters. The summed E-state index contributed by atoms with van der Waals surface area (Å²) >= 11 is 1.27. The van der Waals surface area contributed by atoms with E-state index in [2.05, 4.69) is 15.2 Å². The van der Waals surface area contributed by atoms with Gasteiger partial charge in [-0.25, -0.2) is 9.78 Å². The number of carbonyl (C=O) groups excluding carboxylic acids is 2. The van der Waals surface area contributed by atoms with Crippen molar-refractivity contribution >= 4 is 28.9 Å². The summed E-state index contributed by atoms with van der Waals surface area (Å²) in [6.45, 7) is 2.80. The lowest BCUT2D eigenvalue weighted by atomic mass is 10.2. The molecular weight excluding hydrogens is 398 g/mol. The molecule has 0 fully saturated rings. The molecule has 0 saturated heterocycles. The molecule has 0 bridgehead atoms. The number of benzene rings is 2. The molecule has 1 heterocycles. The van der Waals surface area contributed by atoms with E-state index in [-0.39, 0.29) is 12.5 Å². The van der Waals surface area contributed by atoms with Crippen LogP contribution in [0.4, 0.5) is 5.69 Å². The van der Waals surface area contributed by atoms with Crippen LogP contribution in [0.2, 0.25) is 0 Å². The van der Waals surface area contributed by atoms with E-state index in [9.17, 15) is 9.59 Å². The minimum Gasteiger partial charge on any atom is -0.451 e. The summed E-state index contributed by atoms with van der Waals surface area (Å²) in [7, 11) is 2.01. The molecule has 6 nitrogen and oxygen atoms in total. The topological polar surface area (TPSA) is 71.5 Å². The van der Waals surface area contributed by atoms with Gasteiger partial charge in [-0.2, -0.15) is 0 Å². The Balaban J connectivity index is 1.40. The van der Waals surface area contributed by atoms with Gasteiger partial charge in [0, 0.05) is 31.4 Å². The molecule has 0 aliphatic heterocycles. The zero-order chi connectivity index (χ0) is 21.3. The first-order valence-corrected chi connectivity index (χ1v) is 10.6. The number of esters is 1. The summed E-state index contributed by atoms with van der Waals surface area (Å²) in [5.74, 6) is -0.831. The van der Waals surface area contributed by atoms with Crippen LogP contribution >= 0.6 is 11.3 Å². The van der Waals surface area contributed by atoms with E-state index in [4.69, 9.17) is 4.74 Å². The molecule has 3 aromatic rings. The van der Waals surface area contributed by atoms with Crippen LogP contribution in [-0.4, -0.2) is 43.6 Å². The minimum absolute atomic E-state index is 0.300. The minimum atomic E-state index is -0.522. The number of thiazole rings is 1. The molecule has 1 N–H and O–H groups in total. The maximum absolute atomic E-state index is 12.4. The molecule has 3 rings (SSSR count). The van der Waals surface area contributed by atoms with Gasteiger partial charge < -0.3 is 15.0 Å². The number of carbonyl (C=O) groups is 2. The highest BCUT2D eigenvalue weighted by Gasteiger charge is 2.18. The van der Waals surface area contributed by atoms with Gasteiger partial charge in [-0.15, -0.1) is 11.3 Å². The van der Waals surface area contributed by atoms with E-state index < -0.39 is 5.97 Å². The summed E-state index contributed by atoms with van der Waals surface area (Å²) in [6, 6.07) is 19.7. The Morgan fingerprint density at radius 1 is 1.07 bits per heavy atom. The van der Waals surface area contributed by atoms with Gasteiger partial charge in [-0.05, 0) is 25.5 Å². The molecule has 1 amide bonds. The average Bonchev–Trinajstić information content (AvgIpc) is 3.18. The maximum Gasteiger partial charge on any atom is 0.350 e. The Hall–Kier alpha value is -3.19. The van der Waals surface area contributed by atoms with Gasteiger partial charge in [-0.1, -0.05) is 48.5 Å². The molecular formula is C23H25N3O3S. The summed E-state index contributed by atoms with van der Waals surface area (Å²) in [6.07, 6.45) is 0.791. The molecule has 0 atom stereocenters. The zero-order valence-corrected chi connectivity index (χ0v) is 17.9. The van der Waals surface area contributed by atoms with Crippen molar-refractivity contribution in [3.05, 3.63) is 71.2 Å². The molecule has 2 aromatic carbocycles. The van der Waals surface area contributed by atoms with E-state index >= 15 is 0 Å². The second-order valence-corrected chi connectivity index (χ2v) is 7.84. The fourth-order valence-electron chi connectivity index (χ4n) is 2.89.